The zero-order chi connectivity index (χ0) is 24.2. The van der Waals surface area contributed by atoms with Gasteiger partial charge in [0.25, 0.3) is 0 Å². The highest BCUT2D eigenvalue weighted by atomic mass is 79.9. The van der Waals surface area contributed by atoms with E-state index in [0.717, 1.165) is 21.5 Å². The van der Waals surface area contributed by atoms with E-state index >= 15 is 0 Å². The van der Waals surface area contributed by atoms with E-state index in [1.54, 1.807) is 0 Å². The maximum absolute atomic E-state index is 3.52. The van der Waals surface area contributed by atoms with E-state index in [2.05, 4.69) is 149 Å². The molecule has 1 aromatic heterocycles. The Kier molecular flexibility index (Phi) is 6.69. The molecule has 0 aliphatic rings. The van der Waals surface area contributed by atoms with Gasteiger partial charge in [-0.05, 0) is 68.4 Å². The van der Waals surface area contributed by atoms with Crippen molar-refractivity contribution in [2.24, 2.45) is 0 Å². The Bertz CT molecular complexity index is 1500. The number of hydrogen-bond acceptors (Lipinski definition) is 1. The number of nitrogens with one attached hydrogen (secondary N) is 1. The largest absolute Gasteiger partial charge is 0.355 e. The number of benzene rings is 5. The third-order valence-electron chi connectivity index (χ3n) is 6.04. The molecule has 3 heteroatoms. The number of anilines is 2. The topological polar surface area (TPSA) is 17.0 Å². The fourth-order valence-electron chi connectivity index (χ4n) is 4.26. The van der Waals surface area contributed by atoms with Crippen LogP contribution in [0.5, 0.6) is 0 Å². The number of aromatic nitrogens is 1. The monoisotopic (exact) mass is 518 g/mol. The second-order valence-electron chi connectivity index (χ2n) is 8.71. The van der Waals surface area contributed by atoms with Crippen molar-refractivity contribution in [2.45, 2.75) is 13.8 Å². The van der Waals surface area contributed by atoms with Crippen LogP contribution in [0, 0.1) is 13.8 Å². The molecular formula is C32H27BrN2. The summed E-state index contributed by atoms with van der Waals surface area (Å²) in [6.07, 6.45) is 0. The van der Waals surface area contributed by atoms with Crippen LogP contribution in [0.3, 0.4) is 0 Å². The van der Waals surface area contributed by atoms with Gasteiger partial charge in [-0.25, -0.2) is 0 Å². The molecule has 0 unspecified atom stereocenters. The molecule has 1 heterocycles. The summed E-state index contributed by atoms with van der Waals surface area (Å²) < 4.78 is 3.48. The van der Waals surface area contributed by atoms with Crippen LogP contribution >= 0.6 is 15.9 Å². The molecule has 0 amide bonds. The second-order valence-corrected chi connectivity index (χ2v) is 9.62. The maximum Gasteiger partial charge on any atom is 0.0541 e. The molecule has 0 saturated heterocycles. The van der Waals surface area contributed by atoms with Crippen molar-refractivity contribution in [3.63, 3.8) is 0 Å². The SMILES string of the molecule is Cc1ccc(Br)cc1.Cc1ccc(Nc2cccc(-n3c4ccccc4c4ccccc43)c2)cc1. The van der Waals surface area contributed by atoms with E-state index in [9.17, 15) is 0 Å². The summed E-state index contributed by atoms with van der Waals surface area (Å²) in [5.41, 5.74) is 8.35. The van der Waals surface area contributed by atoms with Crippen LogP contribution in [0.15, 0.2) is 126 Å². The van der Waals surface area contributed by atoms with Gasteiger partial charge >= 0.3 is 0 Å². The van der Waals surface area contributed by atoms with E-state index in [1.807, 2.05) is 12.1 Å². The third kappa shape index (κ3) is 5.16. The molecule has 0 bridgehead atoms. The number of rotatable bonds is 3. The highest BCUT2D eigenvalue weighted by Gasteiger charge is 2.11. The lowest BCUT2D eigenvalue weighted by molar-refractivity contribution is 1.18. The number of fused-ring (bicyclic) bond motifs is 3. The molecule has 0 radical (unpaired) electrons. The summed E-state index contributed by atoms with van der Waals surface area (Å²) in [7, 11) is 0. The number of para-hydroxylation sites is 2. The average Bonchev–Trinajstić information content (AvgIpc) is 3.22. The predicted molar refractivity (Wildman–Crippen MR) is 154 cm³/mol. The van der Waals surface area contributed by atoms with E-state index in [0.29, 0.717) is 0 Å². The van der Waals surface area contributed by atoms with Crippen LogP contribution in [-0.2, 0) is 0 Å². The van der Waals surface area contributed by atoms with Crippen molar-refractivity contribution >= 4 is 49.1 Å². The van der Waals surface area contributed by atoms with Gasteiger partial charge in [-0.3, -0.25) is 0 Å². The first-order chi connectivity index (χ1) is 17.1. The van der Waals surface area contributed by atoms with Crippen molar-refractivity contribution in [2.75, 3.05) is 5.32 Å². The Hall–Kier alpha value is -3.82. The Morgan fingerprint density at radius 1 is 0.543 bits per heavy atom. The molecule has 0 saturated carbocycles. The molecule has 5 aromatic carbocycles. The van der Waals surface area contributed by atoms with Gasteiger partial charge in [0.05, 0.1) is 11.0 Å². The average molecular weight is 519 g/mol. The molecule has 0 atom stereocenters. The Morgan fingerprint density at radius 3 is 1.66 bits per heavy atom. The normalized spacial score (nSPS) is 10.7. The van der Waals surface area contributed by atoms with E-state index < -0.39 is 0 Å². The van der Waals surface area contributed by atoms with Gasteiger partial charge in [0.1, 0.15) is 0 Å². The first-order valence-electron chi connectivity index (χ1n) is 11.7. The molecule has 0 fully saturated rings. The van der Waals surface area contributed by atoms with Gasteiger partial charge < -0.3 is 9.88 Å². The first kappa shape index (κ1) is 22.9. The van der Waals surface area contributed by atoms with E-state index in [4.69, 9.17) is 0 Å². The number of aryl methyl sites for hydroxylation is 2. The van der Waals surface area contributed by atoms with Gasteiger partial charge in [-0.15, -0.1) is 0 Å². The first-order valence-corrected chi connectivity index (χ1v) is 12.5. The molecule has 0 spiro atoms. The zero-order valence-corrected chi connectivity index (χ0v) is 21.5. The molecule has 0 aliphatic heterocycles. The minimum Gasteiger partial charge on any atom is -0.355 e. The van der Waals surface area contributed by atoms with Crippen LogP contribution in [0.25, 0.3) is 27.5 Å². The fourth-order valence-corrected chi connectivity index (χ4v) is 4.52. The van der Waals surface area contributed by atoms with Gasteiger partial charge in [-0.1, -0.05) is 93.8 Å². The minimum atomic E-state index is 1.08. The van der Waals surface area contributed by atoms with Crippen LogP contribution in [0.2, 0.25) is 0 Å². The van der Waals surface area contributed by atoms with Crippen molar-refractivity contribution in [3.8, 4) is 5.69 Å². The second kappa shape index (κ2) is 10.2. The molecule has 1 N–H and O–H groups in total. The molecular weight excluding hydrogens is 492 g/mol. The highest BCUT2D eigenvalue weighted by Crippen LogP contribution is 2.32. The third-order valence-corrected chi connectivity index (χ3v) is 6.56. The van der Waals surface area contributed by atoms with Crippen molar-refractivity contribution in [1.82, 2.24) is 4.57 Å². The zero-order valence-electron chi connectivity index (χ0n) is 19.9. The smallest absolute Gasteiger partial charge is 0.0541 e. The van der Waals surface area contributed by atoms with Gasteiger partial charge in [0.15, 0.2) is 0 Å². The highest BCUT2D eigenvalue weighted by molar-refractivity contribution is 9.10. The summed E-state index contributed by atoms with van der Waals surface area (Å²) in [6, 6.07) is 42.5. The number of halogens is 1. The van der Waals surface area contributed by atoms with E-state index in [1.165, 1.54) is 32.9 Å². The quantitative estimate of drug-likeness (QED) is 0.246. The molecule has 6 rings (SSSR count). The summed E-state index contributed by atoms with van der Waals surface area (Å²) in [6.45, 7) is 4.18. The van der Waals surface area contributed by atoms with Gasteiger partial charge in [0, 0.05) is 32.3 Å². The van der Waals surface area contributed by atoms with Gasteiger partial charge in [-0.2, -0.15) is 0 Å². The van der Waals surface area contributed by atoms with Crippen molar-refractivity contribution in [1.29, 1.82) is 0 Å². The lowest BCUT2D eigenvalue weighted by atomic mass is 10.2. The lowest BCUT2D eigenvalue weighted by Crippen LogP contribution is -1.96. The van der Waals surface area contributed by atoms with Crippen molar-refractivity contribution in [3.05, 3.63) is 137 Å². The maximum atomic E-state index is 3.52. The van der Waals surface area contributed by atoms with Crippen LogP contribution in [0.1, 0.15) is 11.1 Å². The summed E-state index contributed by atoms with van der Waals surface area (Å²) in [5, 5.41) is 6.08. The molecule has 2 nitrogen and oxygen atoms in total. The summed E-state index contributed by atoms with van der Waals surface area (Å²) in [4.78, 5) is 0. The molecule has 35 heavy (non-hydrogen) atoms. The Labute approximate surface area is 215 Å². The number of hydrogen-bond donors (Lipinski definition) is 1. The fraction of sp³-hybridized carbons (Fsp3) is 0.0625. The van der Waals surface area contributed by atoms with E-state index in [-0.39, 0.29) is 0 Å². The molecule has 6 aromatic rings. The van der Waals surface area contributed by atoms with Crippen LogP contribution in [-0.4, -0.2) is 4.57 Å². The Morgan fingerprint density at radius 2 is 1.09 bits per heavy atom. The van der Waals surface area contributed by atoms with Gasteiger partial charge in [0.2, 0.25) is 0 Å². The predicted octanol–water partition coefficient (Wildman–Crippen LogP) is 9.59. The minimum absolute atomic E-state index is 1.08. The standard InChI is InChI=1S/C25H20N2.C7H7Br/c1-18-13-15-19(16-14-18)26-20-7-6-8-21(17-20)27-24-11-4-2-9-22(24)23-10-3-5-12-25(23)27;1-6-2-4-7(8)5-3-6/h2-17,26H,1H3;2-5H,1H3. The Balaban J connectivity index is 0.000000271. The number of nitrogens with zero attached hydrogens (tertiary/aromatic N) is 1. The lowest BCUT2D eigenvalue weighted by Gasteiger charge is -2.11. The van der Waals surface area contributed by atoms with Crippen molar-refractivity contribution < 1.29 is 0 Å². The molecule has 0 aliphatic carbocycles. The van der Waals surface area contributed by atoms with Crippen LogP contribution in [0.4, 0.5) is 11.4 Å². The van der Waals surface area contributed by atoms with Crippen LogP contribution < -0.4 is 5.32 Å². The molecule has 172 valence electrons. The summed E-state index contributed by atoms with van der Waals surface area (Å²) in [5.74, 6) is 0. The summed E-state index contributed by atoms with van der Waals surface area (Å²) >= 11 is 3.35.